The SMILES string of the molecule is CN(C)C(=O)c1c(C=O)cccc1N1CCN(C(C)(C)c2ccccc2)CC1.COc1ccc(C)cc1OC. The summed E-state index contributed by atoms with van der Waals surface area (Å²) < 4.78 is 10.2. The van der Waals surface area contributed by atoms with E-state index < -0.39 is 0 Å². The van der Waals surface area contributed by atoms with Crippen LogP contribution in [0.3, 0.4) is 0 Å². The lowest BCUT2D eigenvalue weighted by atomic mass is 9.91. The molecule has 1 aliphatic heterocycles. The van der Waals surface area contributed by atoms with Gasteiger partial charge in [-0.15, -0.1) is 0 Å². The number of nitrogens with zero attached hydrogens (tertiary/aromatic N) is 3. The number of carbonyl (C=O) groups is 2. The molecule has 1 saturated heterocycles. The molecule has 0 radical (unpaired) electrons. The van der Waals surface area contributed by atoms with E-state index in [1.165, 1.54) is 16.0 Å². The molecule has 1 amide bonds. The van der Waals surface area contributed by atoms with E-state index in [-0.39, 0.29) is 11.4 Å². The molecule has 1 heterocycles. The van der Waals surface area contributed by atoms with Gasteiger partial charge in [0, 0.05) is 51.4 Å². The molecule has 0 aromatic heterocycles. The van der Waals surface area contributed by atoms with E-state index in [0.717, 1.165) is 49.7 Å². The summed E-state index contributed by atoms with van der Waals surface area (Å²) in [4.78, 5) is 30.5. The minimum atomic E-state index is -0.134. The van der Waals surface area contributed by atoms with Crippen molar-refractivity contribution in [3.8, 4) is 11.5 Å². The average molecular weight is 532 g/mol. The third-order valence-electron chi connectivity index (χ3n) is 7.25. The van der Waals surface area contributed by atoms with Gasteiger partial charge in [0.1, 0.15) is 0 Å². The number of hydrogen-bond acceptors (Lipinski definition) is 6. The Morgan fingerprint density at radius 2 is 1.51 bits per heavy atom. The van der Waals surface area contributed by atoms with Gasteiger partial charge in [-0.25, -0.2) is 0 Å². The molecule has 0 atom stereocenters. The van der Waals surface area contributed by atoms with E-state index in [0.29, 0.717) is 11.1 Å². The lowest BCUT2D eigenvalue weighted by Gasteiger charge is -2.45. The highest BCUT2D eigenvalue weighted by Crippen LogP contribution is 2.31. The predicted molar refractivity (Wildman–Crippen MR) is 157 cm³/mol. The van der Waals surface area contributed by atoms with Crippen LogP contribution < -0.4 is 14.4 Å². The minimum absolute atomic E-state index is 0.0553. The highest BCUT2D eigenvalue weighted by atomic mass is 16.5. The zero-order valence-corrected chi connectivity index (χ0v) is 24.2. The molecule has 39 heavy (non-hydrogen) atoms. The number of rotatable bonds is 7. The van der Waals surface area contributed by atoms with Gasteiger partial charge in [0.05, 0.1) is 25.5 Å². The van der Waals surface area contributed by atoms with Gasteiger partial charge in [0.25, 0.3) is 5.91 Å². The van der Waals surface area contributed by atoms with Crippen molar-refractivity contribution < 1.29 is 19.1 Å². The molecule has 0 N–H and O–H groups in total. The van der Waals surface area contributed by atoms with Gasteiger partial charge < -0.3 is 19.3 Å². The van der Waals surface area contributed by atoms with E-state index >= 15 is 0 Å². The van der Waals surface area contributed by atoms with Gasteiger partial charge in [0.15, 0.2) is 17.8 Å². The molecule has 0 aliphatic carbocycles. The van der Waals surface area contributed by atoms with E-state index in [9.17, 15) is 9.59 Å². The Morgan fingerprint density at radius 1 is 0.872 bits per heavy atom. The molecule has 0 saturated carbocycles. The Bertz CT molecular complexity index is 1250. The fraction of sp³-hybridized carbons (Fsp3) is 0.375. The Morgan fingerprint density at radius 3 is 2.08 bits per heavy atom. The highest BCUT2D eigenvalue weighted by molar-refractivity contribution is 6.06. The number of aryl methyl sites for hydroxylation is 1. The average Bonchev–Trinajstić information content (AvgIpc) is 2.97. The zero-order valence-electron chi connectivity index (χ0n) is 24.2. The third-order valence-corrected chi connectivity index (χ3v) is 7.25. The number of carbonyl (C=O) groups excluding carboxylic acids is 2. The number of benzene rings is 3. The van der Waals surface area contributed by atoms with E-state index in [1.807, 2.05) is 43.3 Å². The Hall–Kier alpha value is -3.84. The van der Waals surface area contributed by atoms with Crippen LogP contribution in [-0.4, -0.2) is 76.5 Å². The smallest absolute Gasteiger partial charge is 0.256 e. The molecule has 0 bridgehead atoms. The highest BCUT2D eigenvalue weighted by Gasteiger charge is 2.32. The molecular weight excluding hydrogens is 490 g/mol. The fourth-order valence-electron chi connectivity index (χ4n) is 4.85. The van der Waals surface area contributed by atoms with Gasteiger partial charge in [-0.2, -0.15) is 0 Å². The van der Waals surface area contributed by atoms with E-state index in [4.69, 9.17) is 9.47 Å². The number of piperazine rings is 1. The van der Waals surface area contributed by atoms with Crippen molar-refractivity contribution in [2.75, 3.05) is 59.4 Å². The molecule has 4 rings (SSSR count). The minimum Gasteiger partial charge on any atom is -0.493 e. The first-order valence-corrected chi connectivity index (χ1v) is 13.2. The molecule has 1 aliphatic rings. The largest absolute Gasteiger partial charge is 0.493 e. The molecule has 0 unspecified atom stereocenters. The summed E-state index contributed by atoms with van der Waals surface area (Å²) >= 11 is 0. The summed E-state index contributed by atoms with van der Waals surface area (Å²) in [6, 6.07) is 21.9. The van der Waals surface area contributed by atoms with Crippen molar-refractivity contribution in [3.63, 3.8) is 0 Å². The maximum absolute atomic E-state index is 12.7. The van der Waals surface area contributed by atoms with Gasteiger partial charge in [0.2, 0.25) is 0 Å². The predicted octanol–water partition coefficient (Wildman–Crippen LogP) is 5.27. The summed E-state index contributed by atoms with van der Waals surface area (Å²) in [6.45, 7) is 9.93. The van der Waals surface area contributed by atoms with E-state index in [2.05, 4.69) is 47.9 Å². The van der Waals surface area contributed by atoms with Crippen LogP contribution in [0.15, 0.2) is 66.7 Å². The van der Waals surface area contributed by atoms with E-state index in [1.54, 1.807) is 34.4 Å². The summed E-state index contributed by atoms with van der Waals surface area (Å²) in [7, 11) is 6.70. The summed E-state index contributed by atoms with van der Waals surface area (Å²) in [5.74, 6) is 1.43. The number of ether oxygens (including phenoxy) is 2. The topological polar surface area (TPSA) is 62.3 Å². The van der Waals surface area contributed by atoms with Gasteiger partial charge >= 0.3 is 0 Å². The fourth-order valence-corrected chi connectivity index (χ4v) is 4.85. The maximum atomic E-state index is 12.7. The second-order valence-corrected chi connectivity index (χ2v) is 10.3. The molecule has 7 nitrogen and oxygen atoms in total. The number of methoxy groups -OCH3 is 2. The number of hydrogen-bond donors (Lipinski definition) is 0. The molecular formula is C32H41N3O4. The first kappa shape index (κ1) is 29.7. The first-order valence-electron chi connectivity index (χ1n) is 13.2. The third kappa shape index (κ3) is 6.98. The molecule has 1 fully saturated rings. The monoisotopic (exact) mass is 531 g/mol. The summed E-state index contributed by atoms with van der Waals surface area (Å²) in [6.07, 6.45) is 0.773. The maximum Gasteiger partial charge on any atom is 0.256 e. The Balaban J connectivity index is 0.000000320. The second-order valence-electron chi connectivity index (χ2n) is 10.3. The number of aldehydes is 1. The van der Waals surface area contributed by atoms with Crippen LogP contribution in [0.1, 0.15) is 45.7 Å². The van der Waals surface area contributed by atoms with Crippen LogP contribution in [0.2, 0.25) is 0 Å². The van der Waals surface area contributed by atoms with Crippen molar-refractivity contribution >= 4 is 17.9 Å². The molecule has 3 aromatic carbocycles. The lowest BCUT2D eigenvalue weighted by molar-refractivity contribution is 0.0823. The normalized spacial score (nSPS) is 13.7. The molecule has 7 heteroatoms. The summed E-state index contributed by atoms with van der Waals surface area (Å²) in [5, 5.41) is 0. The van der Waals surface area contributed by atoms with Crippen LogP contribution in [0.25, 0.3) is 0 Å². The molecule has 208 valence electrons. The quantitative estimate of drug-likeness (QED) is 0.387. The molecule has 3 aromatic rings. The van der Waals surface area contributed by atoms with Crippen molar-refractivity contribution in [2.45, 2.75) is 26.3 Å². The van der Waals surface area contributed by atoms with Crippen molar-refractivity contribution in [1.82, 2.24) is 9.80 Å². The van der Waals surface area contributed by atoms with Gasteiger partial charge in [-0.05, 0) is 50.1 Å². The van der Waals surface area contributed by atoms with Crippen LogP contribution >= 0.6 is 0 Å². The summed E-state index contributed by atoms with van der Waals surface area (Å²) in [5.41, 5.74) is 4.21. The van der Waals surface area contributed by atoms with Crippen LogP contribution in [0.5, 0.6) is 11.5 Å². The van der Waals surface area contributed by atoms with Crippen LogP contribution in [0.4, 0.5) is 5.69 Å². The Labute approximate surface area is 232 Å². The first-order chi connectivity index (χ1) is 18.6. The zero-order chi connectivity index (χ0) is 28.6. The standard InChI is InChI=1S/C23H29N3O2.C9H12O2/c1-23(2,19-10-6-5-7-11-19)26-15-13-25(14-16-26)20-12-8-9-18(17-27)21(20)22(28)24(3)4;1-7-4-5-8(10-2)9(6-7)11-3/h5-12,17H,13-16H2,1-4H3;4-6H,1-3H3. The van der Waals surface area contributed by atoms with Gasteiger partial charge in [-0.3, -0.25) is 14.5 Å². The van der Waals surface area contributed by atoms with Crippen molar-refractivity contribution in [3.05, 3.63) is 89.0 Å². The van der Waals surface area contributed by atoms with Crippen LogP contribution in [-0.2, 0) is 5.54 Å². The Kier molecular flexibility index (Phi) is 10.1. The van der Waals surface area contributed by atoms with Crippen molar-refractivity contribution in [1.29, 1.82) is 0 Å². The number of amides is 1. The lowest BCUT2D eigenvalue weighted by Crippen LogP contribution is -2.53. The van der Waals surface area contributed by atoms with Gasteiger partial charge in [-0.1, -0.05) is 48.5 Å². The van der Waals surface area contributed by atoms with Crippen molar-refractivity contribution in [2.24, 2.45) is 0 Å². The van der Waals surface area contributed by atoms with Crippen LogP contribution in [0, 0.1) is 6.92 Å². The molecule has 0 spiro atoms. The second kappa shape index (κ2) is 13.3. The number of anilines is 1.